The number of hydrogen-bond acceptors (Lipinski definition) is 3. The fourth-order valence-electron chi connectivity index (χ4n) is 3.60. The minimum absolute atomic E-state index is 0.0460. The smallest absolute Gasteiger partial charge is 0.411 e. The van der Waals surface area contributed by atoms with E-state index in [2.05, 4.69) is 13.0 Å². The van der Waals surface area contributed by atoms with Crippen molar-refractivity contribution < 1.29 is 14.3 Å². The van der Waals surface area contributed by atoms with Gasteiger partial charge >= 0.3 is 6.09 Å². The molecule has 2 atom stereocenters. The molecule has 1 saturated heterocycles. The minimum Gasteiger partial charge on any atom is -0.444 e. The second-order valence-corrected chi connectivity index (χ2v) is 8.27. The summed E-state index contributed by atoms with van der Waals surface area (Å²) in [6.07, 6.45) is 1.17. The first-order chi connectivity index (χ1) is 11.7. The van der Waals surface area contributed by atoms with Crippen LogP contribution in [0.1, 0.15) is 45.2 Å². The molecule has 1 aromatic carbocycles. The molecular formula is C20H28N2O3. The average Bonchev–Trinajstić information content (AvgIpc) is 2.98. The summed E-state index contributed by atoms with van der Waals surface area (Å²) in [7, 11) is 0. The lowest BCUT2D eigenvalue weighted by atomic mass is 9.93. The van der Waals surface area contributed by atoms with E-state index in [0.717, 1.165) is 30.6 Å². The number of carbonyl (C=O) groups excluding carboxylic acids is 2. The van der Waals surface area contributed by atoms with Crippen LogP contribution in [0.25, 0.3) is 0 Å². The van der Waals surface area contributed by atoms with Gasteiger partial charge in [-0.2, -0.15) is 0 Å². The van der Waals surface area contributed by atoms with Gasteiger partial charge in [0.05, 0.1) is 6.54 Å². The van der Waals surface area contributed by atoms with Crippen LogP contribution >= 0.6 is 0 Å². The van der Waals surface area contributed by atoms with Crippen molar-refractivity contribution in [2.24, 2.45) is 5.92 Å². The summed E-state index contributed by atoms with van der Waals surface area (Å²) in [6, 6.07) is 7.55. The molecule has 136 valence electrons. The molecule has 5 nitrogen and oxygen atoms in total. The van der Waals surface area contributed by atoms with Gasteiger partial charge in [-0.15, -0.1) is 0 Å². The molecule has 0 spiro atoms. The van der Waals surface area contributed by atoms with Crippen molar-refractivity contribution in [2.45, 2.75) is 58.7 Å². The molecule has 25 heavy (non-hydrogen) atoms. The van der Waals surface area contributed by atoms with Crippen molar-refractivity contribution >= 4 is 12.0 Å². The lowest BCUT2D eigenvalue weighted by Gasteiger charge is -2.38. The minimum atomic E-state index is -0.580. The maximum absolute atomic E-state index is 13.1. The Bertz CT molecular complexity index is 665. The molecule has 0 radical (unpaired) electrons. The maximum Gasteiger partial charge on any atom is 0.411 e. The maximum atomic E-state index is 13.1. The molecule has 0 aliphatic carbocycles. The second-order valence-electron chi connectivity index (χ2n) is 8.27. The average molecular weight is 344 g/mol. The zero-order valence-corrected chi connectivity index (χ0v) is 15.6. The molecule has 1 fully saturated rings. The lowest BCUT2D eigenvalue weighted by Crippen LogP contribution is -2.54. The molecule has 1 aromatic rings. The fraction of sp³-hybridized carbons (Fsp3) is 0.600. The Morgan fingerprint density at radius 2 is 1.84 bits per heavy atom. The molecule has 2 aliphatic heterocycles. The summed E-state index contributed by atoms with van der Waals surface area (Å²) < 4.78 is 5.57. The number of amides is 2. The van der Waals surface area contributed by atoms with E-state index in [0.29, 0.717) is 18.9 Å². The zero-order valence-electron chi connectivity index (χ0n) is 15.6. The van der Waals surface area contributed by atoms with Crippen LogP contribution in [0.4, 0.5) is 4.79 Å². The Kier molecular flexibility index (Phi) is 4.76. The van der Waals surface area contributed by atoms with Crippen LogP contribution in [0.5, 0.6) is 0 Å². The summed E-state index contributed by atoms with van der Waals surface area (Å²) in [5, 5.41) is 0. The van der Waals surface area contributed by atoms with E-state index >= 15 is 0 Å². The van der Waals surface area contributed by atoms with E-state index in [1.807, 2.05) is 43.9 Å². The number of ether oxygens (including phenoxy) is 1. The Balaban J connectivity index is 1.86. The van der Waals surface area contributed by atoms with Crippen molar-refractivity contribution in [3.63, 3.8) is 0 Å². The van der Waals surface area contributed by atoms with Crippen LogP contribution < -0.4 is 0 Å². The monoisotopic (exact) mass is 344 g/mol. The number of rotatable bonds is 1. The predicted octanol–water partition coefficient (Wildman–Crippen LogP) is 3.22. The molecule has 2 aliphatic rings. The van der Waals surface area contributed by atoms with Gasteiger partial charge in [0.15, 0.2) is 0 Å². The normalized spacial score (nSPS) is 23.4. The Hall–Kier alpha value is -2.04. The SMILES string of the molecule is C[C@@H]1CCN(C(=O)[C@@H]2Cc3ccccc3CN2C(=O)OC(C)(C)C)C1. The van der Waals surface area contributed by atoms with E-state index in [1.165, 1.54) is 0 Å². The van der Waals surface area contributed by atoms with Gasteiger partial charge in [0.2, 0.25) is 5.91 Å². The Morgan fingerprint density at radius 1 is 1.16 bits per heavy atom. The summed E-state index contributed by atoms with van der Waals surface area (Å²) >= 11 is 0. The highest BCUT2D eigenvalue weighted by Crippen LogP contribution is 2.28. The topological polar surface area (TPSA) is 49.9 Å². The standard InChI is InChI=1S/C20H28N2O3/c1-14-9-10-21(12-14)18(23)17-11-15-7-5-6-8-16(15)13-22(17)19(24)25-20(2,3)4/h5-8,14,17H,9-13H2,1-4H3/t14-,17+/m1/s1. The van der Waals surface area contributed by atoms with Crippen molar-refractivity contribution in [3.05, 3.63) is 35.4 Å². The molecular weight excluding hydrogens is 316 g/mol. The molecule has 3 rings (SSSR count). The molecule has 0 N–H and O–H groups in total. The third-order valence-corrected chi connectivity index (χ3v) is 4.90. The molecule has 0 saturated carbocycles. The van der Waals surface area contributed by atoms with E-state index in [4.69, 9.17) is 4.74 Å². The second kappa shape index (κ2) is 6.70. The highest BCUT2D eigenvalue weighted by Gasteiger charge is 2.39. The van der Waals surface area contributed by atoms with Crippen molar-refractivity contribution in [2.75, 3.05) is 13.1 Å². The van der Waals surface area contributed by atoms with Crippen LogP contribution in [0, 0.1) is 5.92 Å². The summed E-state index contributed by atoms with van der Waals surface area (Å²) in [5.41, 5.74) is 1.66. The summed E-state index contributed by atoms with van der Waals surface area (Å²) in [5.74, 6) is 0.569. The quantitative estimate of drug-likeness (QED) is 0.786. The number of nitrogens with zero attached hydrogens (tertiary/aromatic N) is 2. The summed E-state index contributed by atoms with van der Waals surface area (Å²) in [4.78, 5) is 29.4. The molecule has 5 heteroatoms. The van der Waals surface area contributed by atoms with Crippen molar-refractivity contribution in [1.29, 1.82) is 0 Å². The largest absolute Gasteiger partial charge is 0.444 e. The lowest BCUT2D eigenvalue weighted by molar-refractivity contribution is -0.136. The molecule has 0 unspecified atom stereocenters. The molecule has 0 bridgehead atoms. The van der Waals surface area contributed by atoms with E-state index in [-0.39, 0.29) is 5.91 Å². The molecule has 2 amide bonds. The fourth-order valence-corrected chi connectivity index (χ4v) is 3.60. The third kappa shape index (κ3) is 3.97. The Labute approximate surface area is 149 Å². The third-order valence-electron chi connectivity index (χ3n) is 4.90. The number of likely N-dealkylation sites (tertiary alicyclic amines) is 1. The first-order valence-electron chi connectivity index (χ1n) is 9.10. The number of benzene rings is 1. The highest BCUT2D eigenvalue weighted by atomic mass is 16.6. The Morgan fingerprint density at radius 3 is 2.44 bits per heavy atom. The first kappa shape index (κ1) is 17.8. The van der Waals surface area contributed by atoms with E-state index in [1.54, 1.807) is 4.90 Å². The van der Waals surface area contributed by atoms with Crippen LogP contribution in [-0.4, -0.2) is 46.5 Å². The van der Waals surface area contributed by atoms with Crippen molar-refractivity contribution in [3.8, 4) is 0 Å². The van der Waals surface area contributed by atoms with Crippen molar-refractivity contribution in [1.82, 2.24) is 9.80 Å². The van der Waals surface area contributed by atoms with Gasteiger partial charge in [-0.3, -0.25) is 9.69 Å². The zero-order chi connectivity index (χ0) is 18.2. The van der Waals surface area contributed by atoms with Crippen LogP contribution in [0.2, 0.25) is 0 Å². The number of carbonyl (C=O) groups is 2. The van der Waals surface area contributed by atoms with Gasteiger partial charge in [0.25, 0.3) is 0 Å². The molecule has 0 aromatic heterocycles. The highest BCUT2D eigenvalue weighted by molar-refractivity contribution is 5.87. The van der Waals surface area contributed by atoms with E-state index < -0.39 is 17.7 Å². The van der Waals surface area contributed by atoms with Gasteiger partial charge in [-0.1, -0.05) is 31.2 Å². The first-order valence-corrected chi connectivity index (χ1v) is 9.10. The van der Waals surface area contributed by atoms with Gasteiger partial charge < -0.3 is 9.64 Å². The van der Waals surface area contributed by atoms with Crippen LogP contribution in [-0.2, 0) is 22.5 Å². The number of fused-ring (bicyclic) bond motifs is 1. The number of hydrogen-bond donors (Lipinski definition) is 0. The van der Waals surface area contributed by atoms with Gasteiger partial charge in [0, 0.05) is 19.5 Å². The summed E-state index contributed by atoms with van der Waals surface area (Å²) in [6.45, 7) is 9.69. The predicted molar refractivity (Wildman–Crippen MR) is 96.1 cm³/mol. The molecule has 2 heterocycles. The van der Waals surface area contributed by atoms with Crippen LogP contribution in [0.15, 0.2) is 24.3 Å². The van der Waals surface area contributed by atoms with E-state index in [9.17, 15) is 9.59 Å². The van der Waals surface area contributed by atoms with Crippen LogP contribution in [0.3, 0.4) is 0 Å². The van der Waals surface area contributed by atoms with Gasteiger partial charge in [-0.25, -0.2) is 4.79 Å². The van der Waals surface area contributed by atoms with Gasteiger partial charge in [0.1, 0.15) is 11.6 Å². The van der Waals surface area contributed by atoms with Gasteiger partial charge in [-0.05, 0) is 44.2 Å².